The molecule has 2 amide bonds. The van der Waals surface area contributed by atoms with Gasteiger partial charge in [-0.25, -0.2) is 0 Å². The minimum absolute atomic E-state index is 0.0964. The molecule has 0 saturated carbocycles. The Hall–Kier alpha value is -2.65. The Labute approximate surface area is 150 Å². The van der Waals surface area contributed by atoms with Gasteiger partial charge in [0.1, 0.15) is 11.1 Å². The predicted molar refractivity (Wildman–Crippen MR) is 99.3 cm³/mol. The Balaban J connectivity index is 1.84. The number of nitrogens with one attached hydrogen (secondary N) is 1. The molecule has 1 N–H and O–H groups in total. The highest BCUT2D eigenvalue weighted by atomic mass is 32.1. The van der Waals surface area contributed by atoms with Gasteiger partial charge >= 0.3 is 0 Å². The number of hydrogen-bond acceptors (Lipinski definition) is 4. The van der Waals surface area contributed by atoms with Gasteiger partial charge in [-0.15, -0.1) is 11.3 Å². The van der Waals surface area contributed by atoms with Gasteiger partial charge in [0.2, 0.25) is 5.91 Å². The van der Waals surface area contributed by atoms with Gasteiger partial charge in [0, 0.05) is 29.1 Å². The van der Waals surface area contributed by atoms with Crippen molar-refractivity contribution in [3.05, 3.63) is 45.3 Å². The average Bonchev–Trinajstić information content (AvgIpc) is 3.14. The van der Waals surface area contributed by atoms with Crippen LogP contribution in [0, 0.1) is 25.2 Å². The first-order valence-electron chi connectivity index (χ1n) is 8.21. The molecule has 0 bridgehead atoms. The van der Waals surface area contributed by atoms with Crippen LogP contribution in [-0.2, 0) is 11.2 Å². The van der Waals surface area contributed by atoms with E-state index in [0.717, 1.165) is 28.1 Å². The number of nitriles is 1. The fourth-order valence-electron chi connectivity index (χ4n) is 3.02. The van der Waals surface area contributed by atoms with E-state index in [1.807, 2.05) is 32.9 Å². The molecular formula is C19H19N3O2S. The number of carbonyl (C=O) groups is 2. The highest BCUT2D eigenvalue weighted by molar-refractivity contribution is 7.16. The molecule has 0 saturated heterocycles. The number of fused-ring (bicyclic) bond motifs is 1. The topological polar surface area (TPSA) is 73.2 Å². The SMILES string of the molecule is CCC(=O)N1CCc2cc(C(=O)Nc3sc(C)c(C)c3C#N)ccc21. The van der Waals surface area contributed by atoms with Crippen LogP contribution in [0.5, 0.6) is 0 Å². The molecule has 2 heterocycles. The van der Waals surface area contributed by atoms with E-state index in [0.29, 0.717) is 29.1 Å². The number of anilines is 2. The smallest absolute Gasteiger partial charge is 0.256 e. The van der Waals surface area contributed by atoms with Crippen LogP contribution in [0.25, 0.3) is 0 Å². The second-order valence-electron chi connectivity index (χ2n) is 6.05. The maximum Gasteiger partial charge on any atom is 0.256 e. The van der Waals surface area contributed by atoms with Crippen molar-refractivity contribution in [3.8, 4) is 6.07 Å². The van der Waals surface area contributed by atoms with Crippen LogP contribution >= 0.6 is 11.3 Å². The molecular weight excluding hydrogens is 334 g/mol. The maximum atomic E-state index is 12.6. The van der Waals surface area contributed by atoms with Gasteiger partial charge in [0.05, 0.1) is 5.56 Å². The first kappa shape index (κ1) is 17.2. The molecule has 0 spiro atoms. The summed E-state index contributed by atoms with van der Waals surface area (Å²) in [6.45, 7) is 6.33. The molecule has 1 aromatic heterocycles. The van der Waals surface area contributed by atoms with E-state index in [9.17, 15) is 14.9 Å². The minimum atomic E-state index is -0.235. The molecule has 0 aliphatic carbocycles. The van der Waals surface area contributed by atoms with E-state index in [1.165, 1.54) is 11.3 Å². The Morgan fingerprint density at radius 3 is 2.80 bits per heavy atom. The number of nitrogens with zero attached hydrogens (tertiary/aromatic N) is 2. The summed E-state index contributed by atoms with van der Waals surface area (Å²) >= 11 is 1.41. The molecule has 6 heteroatoms. The molecule has 0 fully saturated rings. The quantitative estimate of drug-likeness (QED) is 0.912. The molecule has 2 aromatic rings. The molecule has 128 valence electrons. The standard InChI is InChI=1S/C19H19N3O2S/c1-4-17(23)22-8-7-13-9-14(5-6-16(13)22)18(24)21-19-15(10-20)11(2)12(3)25-19/h5-6,9H,4,7-8H2,1-3H3,(H,21,24). The van der Waals surface area contributed by atoms with Crippen LogP contribution in [0.2, 0.25) is 0 Å². The van der Waals surface area contributed by atoms with Crippen LogP contribution < -0.4 is 10.2 Å². The van der Waals surface area contributed by atoms with E-state index in [4.69, 9.17) is 0 Å². The first-order valence-corrected chi connectivity index (χ1v) is 9.02. The molecule has 1 aliphatic rings. The lowest BCUT2D eigenvalue weighted by molar-refractivity contribution is -0.118. The van der Waals surface area contributed by atoms with Gasteiger partial charge in [-0.3, -0.25) is 9.59 Å². The van der Waals surface area contributed by atoms with Crippen LogP contribution in [0.15, 0.2) is 18.2 Å². The number of amides is 2. The Morgan fingerprint density at radius 1 is 1.36 bits per heavy atom. The summed E-state index contributed by atoms with van der Waals surface area (Å²) in [6.07, 6.45) is 1.22. The fourth-order valence-corrected chi connectivity index (χ4v) is 4.02. The second-order valence-corrected chi connectivity index (χ2v) is 7.27. The van der Waals surface area contributed by atoms with Crippen LogP contribution in [0.1, 0.15) is 45.3 Å². The highest BCUT2D eigenvalue weighted by Gasteiger charge is 2.24. The zero-order valence-corrected chi connectivity index (χ0v) is 15.3. The fraction of sp³-hybridized carbons (Fsp3) is 0.316. The molecule has 1 aromatic carbocycles. The highest BCUT2D eigenvalue weighted by Crippen LogP contribution is 2.33. The zero-order valence-electron chi connectivity index (χ0n) is 14.5. The van der Waals surface area contributed by atoms with Crippen LogP contribution in [-0.4, -0.2) is 18.4 Å². The molecule has 0 atom stereocenters. The predicted octanol–water partition coefficient (Wildman–Crippen LogP) is 3.79. The van der Waals surface area contributed by atoms with Crippen molar-refractivity contribution in [2.75, 3.05) is 16.8 Å². The molecule has 1 aliphatic heterocycles. The lowest BCUT2D eigenvalue weighted by atomic mass is 10.1. The van der Waals surface area contributed by atoms with Gasteiger partial charge in [-0.05, 0) is 49.6 Å². The molecule has 3 rings (SSSR count). The second kappa shape index (κ2) is 6.69. The Kier molecular flexibility index (Phi) is 4.60. The van der Waals surface area contributed by atoms with Crippen molar-refractivity contribution in [1.29, 1.82) is 5.26 Å². The van der Waals surface area contributed by atoms with Crippen molar-refractivity contribution in [3.63, 3.8) is 0 Å². The van der Waals surface area contributed by atoms with Crippen molar-refractivity contribution in [1.82, 2.24) is 0 Å². The van der Waals surface area contributed by atoms with Gasteiger partial charge in [-0.2, -0.15) is 5.26 Å². The van der Waals surface area contributed by atoms with Crippen molar-refractivity contribution < 1.29 is 9.59 Å². The normalized spacial score (nSPS) is 12.6. The summed E-state index contributed by atoms with van der Waals surface area (Å²) in [5.74, 6) is -0.139. The molecule has 0 radical (unpaired) electrons. The van der Waals surface area contributed by atoms with Gasteiger partial charge in [-0.1, -0.05) is 6.92 Å². The third-order valence-corrected chi connectivity index (χ3v) is 5.69. The summed E-state index contributed by atoms with van der Waals surface area (Å²) in [7, 11) is 0. The number of aryl methyl sites for hydroxylation is 1. The van der Waals surface area contributed by atoms with Crippen LogP contribution in [0.3, 0.4) is 0 Å². The summed E-state index contributed by atoms with van der Waals surface area (Å²) in [6, 6.07) is 7.56. The maximum absolute atomic E-state index is 12.6. The van der Waals surface area contributed by atoms with E-state index >= 15 is 0 Å². The molecule has 5 nitrogen and oxygen atoms in total. The third-order valence-electron chi connectivity index (χ3n) is 4.56. The molecule has 0 unspecified atom stereocenters. The largest absolute Gasteiger partial charge is 0.312 e. The summed E-state index contributed by atoms with van der Waals surface area (Å²) in [4.78, 5) is 27.3. The van der Waals surface area contributed by atoms with E-state index in [-0.39, 0.29) is 11.8 Å². The van der Waals surface area contributed by atoms with Crippen molar-refractivity contribution in [2.45, 2.75) is 33.6 Å². The lowest BCUT2D eigenvalue weighted by Gasteiger charge is -2.16. The van der Waals surface area contributed by atoms with Gasteiger partial charge < -0.3 is 10.2 Å². The Morgan fingerprint density at radius 2 is 2.12 bits per heavy atom. The van der Waals surface area contributed by atoms with E-state index in [1.54, 1.807) is 11.0 Å². The van der Waals surface area contributed by atoms with Gasteiger partial charge in [0.25, 0.3) is 5.91 Å². The lowest BCUT2D eigenvalue weighted by Crippen LogP contribution is -2.27. The average molecular weight is 353 g/mol. The van der Waals surface area contributed by atoms with Crippen LogP contribution in [0.4, 0.5) is 10.7 Å². The molecule has 25 heavy (non-hydrogen) atoms. The third kappa shape index (κ3) is 3.03. The summed E-state index contributed by atoms with van der Waals surface area (Å²) in [5.41, 5.74) is 3.87. The zero-order chi connectivity index (χ0) is 18.1. The number of thiophene rings is 1. The number of benzene rings is 1. The summed E-state index contributed by atoms with van der Waals surface area (Å²) in [5, 5.41) is 12.7. The van der Waals surface area contributed by atoms with E-state index in [2.05, 4.69) is 11.4 Å². The van der Waals surface area contributed by atoms with E-state index < -0.39 is 0 Å². The van der Waals surface area contributed by atoms with Gasteiger partial charge in [0.15, 0.2) is 0 Å². The monoisotopic (exact) mass is 353 g/mol. The minimum Gasteiger partial charge on any atom is -0.312 e. The number of carbonyl (C=O) groups excluding carboxylic acids is 2. The van der Waals surface area contributed by atoms with Crippen molar-refractivity contribution in [2.24, 2.45) is 0 Å². The van der Waals surface area contributed by atoms with Crippen molar-refractivity contribution >= 4 is 33.8 Å². The number of rotatable bonds is 3. The summed E-state index contributed by atoms with van der Waals surface area (Å²) < 4.78 is 0. The first-order chi connectivity index (χ1) is 12.0. The number of hydrogen-bond donors (Lipinski definition) is 1. The Bertz CT molecular complexity index is 908.